The minimum Gasteiger partial charge on any atom is -0.350 e. The maximum absolute atomic E-state index is 12.3. The number of hydrogen-bond acceptors (Lipinski definition) is 5. The van der Waals surface area contributed by atoms with Gasteiger partial charge in [-0.15, -0.1) is 0 Å². The number of aryl methyl sites for hydroxylation is 1. The molecule has 1 N–H and O–H groups in total. The van der Waals surface area contributed by atoms with E-state index in [1.807, 2.05) is 0 Å². The Balaban J connectivity index is 1.81. The summed E-state index contributed by atoms with van der Waals surface area (Å²) in [6.07, 6.45) is 4.56. The third kappa shape index (κ3) is 2.60. The molecule has 1 amide bonds. The Bertz CT molecular complexity index is 1020. The fourth-order valence-corrected chi connectivity index (χ4v) is 2.46. The van der Waals surface area contributed by atoms with E-state index in [-0.39, 0.29) is 5.91 Å². The van der Waals surface area contributed by atoms with Gasteiger partial charge in [-0.1, -0.05) is 0 Å². The van der Waals surface area contributed by atoms with Crippen LogP contribution in [0.15, 0.2) is 40.4 Å². The van der Waals surface area contributed by atoms with Gasteiger partial charge in [-0.05, 0) is 12.1 Å². The first-order chi connectivity index (χ1) is 11.5. The van der Waals surface area contributed by atoms with E-state index in [1.54, 1.807) is 29.9 Å². The molecular formula is C15H16N6O3. The van der Waals surface area contributed by atoms with Crippen molar-refractivity contribution in [2.75, 3.05) is 6.54 Å². The van der Waals surface area contributed by atoms with Crippen molar-refractivity contribution in [2.24, 2.45) is 14.1 Å². The molecule has 9 heteroatoms. The standard InChI is InChI=1S/C15H16N6O3/c1-19-12-11(14(23)20(2)15(19)24)21(9-18-12)7-6-17-13(22)10-4-3-5-16-8-10/h3-5,8-9H,6-7H2,1-2H3,(H,17,22). The van der Waals surface area contributed by atoms with Crippen LogP contribution < -0.4 is 16.6 Å². The number of pyridine rings is 1. The van der Waals surface area contributed by atoms with Crippen LogP contribution in [0.2, 0.25) is 0 Å². The maximum Gasteiger partial charge on any atom is 0.332 e. The molecule has 0 spiro atoms. The van der Waals surface area contributed by atoms with Crippen molar-refractivity contribution in [1.29, 1.82) is 0 Å². The van der Waals surface area contributed by atoms with Crippen molar-refractivity contribution in [1.82, 2.24) is 29.0 Å². The SMILES string of the molecule is Cn1c(=O)c2c(ncn2CCNC(=O)c2cccnc2)n(C)c1=O. The van der Waals surface area contributed by atoms with Crippen molar-refractivity contribution in [3.63, 3.8) is 0 Å². The average molecular weight is 328 g/mol. The number of fused-ring (bicyclic) bond motifs is 1. The molecule has 0 aliphatic heterocycles. The summed E-state index contributed by atoms with van der Waals surface area (Å²) in [4.78, 5) is 44.2. The summed E-state index contributed by atoms with van der Waals surface area (Å²) in [5, 5.41) is 2.76. The fraction of sp³-hybridized carbons (Fsp3) is 0.267. The highest BCUT2D eigenvalue weighted by Gasteiger charge is 2.14. The van der Waals surface area contributed by atoms with Crippen LogP contribution in [-0.2, 0) is 20.6 Å². The van der Waals surface area contributed by atoms with Gasteiger partial charge >= 0.3 is 5.69 Å². The van der Waals surface area contributed by atoms with E-state index >= 15 is 0 Å². The van der Waals surface area contributed by atoms with Crippen LogP contribution in [-0.4, -0.2) is 36.1 Å². The second-order valence-corrected chi connectivity index (χ2v) is 5.31. The third-order valence-corrected chi connectivity index (χ3v) is 3.78. The van der Waals surface area contributed by atoms with E-state index in [1.165, 1.54) is 24.1 Å². The number of amides is 1. The van der Waals surface area contributed by atoms with Gasteiger partial charge in [0, 0.05) is 39.6 Å². The summed E-state index contributed by atoms with van der Waals surface area (Å²) in [5.41, 5.74) is 0.273. The summed E-state index contributed by atoms with van der Waals surface area (Å²) in [6.45, 7) is 0.668. The Morgan fingerprint density at radius 3 is 2.75 bits per heavy atom. The summed E-state index contributed by atoms with van der Waals surface area (Å²) in [7, 11) is 2.98. The molecule has 9 nitrogen and oxygen atoms in total. The van der Waals surface area contributed by atoms with Crippen LogP contribution in [0.5, 0.6) is 0 Å². The number of hydrogen-bond donors (Lipinski definition) is 1. The molecule has 3 aromatic rings. The highest BCUT2D eigenvalue weighted by atomic mass is 16.2. The van der Waals surface area contributed by atoms with Gasteiger partial charge in [-0.25, -0.2) is 9.78 Å². The zero-order valence-electron chi connectivity index (χ0n) is 13.3. The van der Waals surface area contributed by atoms with E-state index < -0.39 is 11.2 Å². The predicted molar refractivity (Wildman–Crippen MR) is 86.8 cm³/mol. The zero-order valence-corrected chi connectivity index (χ0v) is 13.3. The topological polar surface area (TPSA) is 104 Å². The number of nitrogens with one attached hydrogen (secondary N) is 1. The van der Waals surface area contributed by atoms with E-state index in [9.17, 15) is 14.4 Å². The van der Waals surface area contributed by atoms with Crippen LogP contribution in [0.25, 0.3) is 11.2 Å². The molecule has 3 rings (SSSR count). The summed E-state index contributed by atoms with van der Waals surface area (Å²) >= 11 is 0. The molecule has 124 valence electrons. The van der Waals surface area contributed by atoms with Gasteiger partial charge in [-0.3, -0.25) is 23.7 Å². The van der Waals surface area contributed by atoms with E-state index in [4.69, 9.17) is 0 Å². The lowest BCUT2D eigenvalue weighted by Crippen LogP contribution is -2.38. The van der Waals surface area contributed by atoms with Crippen LogP contribution in [0.4, 0.5) is 0 Å². The Morgan fingerprint density at radius 1 is 1.25 bits per heavy atom. The minimum atomic E-state index is -0.428. The van der Waals surface area contributed by atoms with Crippen LogP contribution >= 0.6 is 0 Å². The highest BCUT2D eigenvalue weighted by Crippen LogP contribution is 2.04. The molecule has 3 heterocycles. The number of nitrogens with zero attached hydrogens (tertiary/aromatic N) is 5. The molecule has 0 aromatic carbocycles. The first-order valence-electron chi connectivity index (χ1n) is 7.30. The molecule has 0 saturated carbocycles. The van der Waals surface area contributed by atoms with Gasteiger partial charge in [0.2, 0.25) is 0 Å². The molecule has 3 aromatic heterocycles. The average Bonchev–Trinajstić information content (AvgIpc) is 3.03. The lowest BCUT2D eigenvalue weighted by atomic mass is 10.3. The fourth-order valence-electron chi connectivity index (χ4n) is 2.46. The molecule has 0 atom stereocenters. The van der Waals surface area contributed by atoms with Crippen molar-refractivity contribution >= 4 is 17.1 Å². The van der Waals surface area contributed by atoms with E-state index in [0.29, 0.717) is 29.8 Å². The quantitative estimate of drug-likeness (QED) is 0.679. The van der Waals surface area contributed by atoms with E-state index in [2.05, 4.69) is 15.3 Å². The van der Waals surface area contributed by atoms with Gasteiger partial charge in [0.1, 0.15) is 0 Å². The highest BCUT2D eigenvalue weighted by molar-refractivity contribution is 5.93. The summed E-state index contributed by atoms with van der Waals surface area (Å²) in [5.74, 6) is -0.243. The van der Waals surface area contributed by atoms with Crippen molar-refractivity contribution < 1.29 is 4.79 Å². The lowest BCUT2D eigenvalue weighted by Gasteiger charge is -2.08. The molecule has 0 aliphatic rings. The van der Waals surface area contributed by atoms with Gasteiger partial charge in [0.15, 0.2) is 11.2 Å². The monoisotopic (exact) mass is 328 g/mol. The molecule has 24 heavy (non-hydrogen) atoms. The number of carbonyl (C=O) groups is 1. The van der Waals surface area contributed by atoms with Crippen LogP contribution in [0.1, 0.15) is 10.4 Å². The molecule has 0 saturated heterocycles. The number of imidazole rings is 1. The van der Waals surface area contributed by atoms with Gasteiger partial charge < -0.3 is 9.88 Å². The summed E-state index contributed by atoms with van der Waals surface area (Å²) in [6, 6.07) is 3.35. The molecular weight excluding hydrogens is 312 g/mol. The largest absolute Gasteiger partial charge is 0.350 e. The third-order valence-electron chi connectivity index (χ3n) is 3.78. The smallest absolute Gasteiger partial charge is 0.332 e. The second-order valence-electron chi connectivity index (χ2n) is 5.31. The molecule has 0 radical (unpaired) electrons. The number of aromatic nitrogens is 5. The molecule has 0 unspecified atom stereocenters. The maximum atomic E-state index is 12.3. The Kier molecular flexibility index (Phi) is 3.98. The molecule has 0 bridgehead atoms. The Morgan fingerprint density at radius 2 is 2.04 bits per heavy atom. The summed E-state index contributed by atoms with van der Waals surface area (Å²) < 4.78 is 3.98. The Hall–Kier alpha value is -3.23. The predicted octanol–water partition coefficient (Wildman–Crippen LogP) is -0.741. The second kappa shape index (κ2) is 6.11. The number of carbonyl (C=O) groups excluding carboxylic acids is 1. The molecule has 0 fully saturated rings. The van der Waals surface area contributed by atoms with Crippen molar-refractivity contribution in [2.45, 2.75) is 6.54 Å². The Labute approximate surface area is 136 Å². The van der Waals surface area contributed by atoms with E-state index in [0.717, 1.165) is 4.57 Å². The number of rotatable bonds is 4. The van der Waals surface area contributed by atoms with Gasteiger partial charge in [0.25, 0.3) is 11.5 Å². The van der Waals surface area contributed by atoms with Gasteiger partial charge in [-0.2, -0.15) is 0 Å². The van der Waals surface area contributed by atoms with Crippen LogP contribution in [0, 0.1) is 0 Å². The van der Waals surface area contributed by atoms with Crippen LogP contribution in [0.3, 0.4) is 0 Å². The minimum absolute atomic E-state index is 0.243. The van der Waals surface area contributed by atoms with Crippen molar-refractivity contribution in [3.8, 4) is 0 Å². The molecule has 0 aliphatic carbocycles. The first-order valence-corrected chi connectivity index (χ1v) is 7.30. The lowest BCUT2D eigenvalue weighted by molar-refractivity contribution is 0.0952. The van der Waals surface area contributed by atoms with Gasteiger partial charge in [0.05, 0.1) is 11.9 Å². The first kappa shape index (κ1) is 15.7. The zero-order chi connectivity index (χ0) is 17.3. The normalized spacial score (nSPS) is 10.9. The van der Waals surface area contributed by atoms with Crippen molar-refractivity contribution in [3.05, 3.63) is 57.3 Å².